The summed E-state index contributed by atoms with van der Waals surface area (Å²) in [6.45, 7) is 0.860. The molecule has 0 amide bonds. The zero-order valence-electron chi connectivity index (χ0n) is 15.9. The molecule has 1 fully saturated rings. The number of nitrogens with zero attached hydrogens (tertiary/aromatic N) is 3. The fourth-order valence-electron chi connectivity index (χ4n) is 2.38. The van der Waals surface area contributed by atoms with Gasteiger partial charge in [0.2, 0.25) is 0 Å². The zero-order valence-corrected chi connectivity index (χ0v) is 19.7. The van der Waals surface area contributed by atoms with Gasteiger partial charge in [0.15, 0.2) is 18.9 Å². The number of hydrogen-bond donors (Lipinski definition) is 1. The van der Waals surface area contributed by atoms with Crippen LogP contribution in [0.5, 0.6) is 0 Å². The van der Waals surface area contributed by atoms with Crippen LogP contribution in [0, 0.1) is 6.30 Å². The SMILES string of the molecule is CN1CCC(F)N(C)CCC(F)NCCC(F)N(C)CC[C-]1F.[Cl-].[Cl-].[Cl-].[Ti+4]. The summed E-state index contributed by atoms with van der Waals surface area (Å²) in [7, 11) is 4.70. The van der Waals surface area contributed by atoms with Crippen LogP contribution in [0.15, 0.2) is 0 Å². The second kappa shape index (κ2) is 19.1. The molecule has 162 valence electrons. The molecular weight excluding hydrogens is 466 g/mol. The van der Waals surface area contributed by atoms with Crippen LogP contribution >= 0.6 is 0 Å². The quantitative estimate of drug-likeness (QED) is 0.156. The van der Waals surface area contributed by atoms with Crippen LogP contribution in [0.1, 0.15) is 25.7 Å². The van der Waals surface area contributed by atoms with Crippen molar-refractivity contribution in [3.63, 3.8) is 0 Å². The summed E-state index contributed by atoms with van der Waals surface area (Å²) < 4.78 is 55.6. The van der Waals surface area contributed by atoms with Crippen LogP contribution in [-0.2, 0) is 21.7 Å². The third-order valence-electron chi connectivity index (χ3n) is 4.23. The van der Waals surface area contributed by atoms with Gasteiger partial charge in [-0.05, 0) is 34.2 Å². The van der Waals surface area contributed by atoms with Gasteiger partial charge in [0.25, 0.3) is 0 Å². The van der Waals surface area contributed by atoms with Crippen molar-refractivity contribution in [1.29, 1.82) is 0 Å². The van der Waals surface area contributed by atoms with E-state index in [4.69, 9.17) is 0 Å². The molecule has 0 spiro atoms. The van der Waals surface area contributed by atoms with Gasteiger partial charge in [0.05, 0.1) is 0 Å². The molecule has 0 aromatic rings. The van der Waals surface area contributed by atoms with Gasteiger partial charge in [-0.1, -0.05) is 6.30 Å². The molecule has 0 radical (unpaired) electrons. The summed E-state index contributed by atoms with van der Waals surface area (Å²) >= 11 is 0. The van der Waals surface area contributed by atoms with Crippen molar-refractivity contribution in [2.24, 2.45) is 0 Å². The Hall–Kier alpha value is 1.14. The Morgan fingerprint density at radius 2 is 1.33 bits per heavy atom. The van der Waals surface area contributed by atoms with E-state index in [1.54, 1.807) is 21.1 Å². The van der Waals surface area contributed by atoms with Gasteiger partial charge in [-0.3, -0.25) is 15.1 Å². The second-order valence-corrected chi connectivity index (χ2v) is 6.17. The number of hydrogen-bond acceptors (Lipinski definition) is 4. The Morgan fingerprint density at radius 1 is 0.815 bits per heavy atom. The largest absolute Gasteiger partial charge is 4.00 e. The molecule has 1 rings (SSSR count). The standard InChI is InChI=1S/C15H29F4N4.3ClH.Ti/c1-21-9-5-12(16)20-8-4-13(17)22(2)10-6-15(19)23(3)11-7-14(21)18;;;;/h12-14,20H,4-11H2,1-3H3;3*1H;/q-1;;;;+4/p-3. The maximum atomic E-state index is 14.0. The predicted molar refractivity (Wildman–Crippen MR) is 83.4 cm³/mol. The third-order valence-corrected chi connectivity index (χ3v) is 4.23. The molecule has 4 nitrogen and oxygen atoms in total. The van der Waals surface area contributed by atoms with Crippen LogP contribution in [0.2, 0.25) is 0 Å². The van der Waals surface area contributed by atoms with Gasteiger partial charge in [-0.2, -0.15) is 0 Å². The average Bonchev–Trinajstić information content (AvgIpc) is 2.53. The number of rotatable bonds is 0. The van der Waals surface area contributed by atoms with Crippen molar-refractivity contribution < 1.29 is 76.5 Å². The van der Waals surface area contributed by atoms with Crippen LogP contribution in [-0.4, -0.2) is 80.9 Å². The molecule has 12 heteroatoms. The van der Waals surface area contributed by atoms with Crippen LogP contribution in [0.25, 0.3) is 0 Å². The van der Waals surface area contributed by atoms with E-state index in [-0.39, 0.29) is 117 Å². The summed E-state index contributed by atoms with van der Waals surface area (Å²) in [6.07, 6.45) is -3.72. The zero-order chi connectivity index (χ0) is 17.4. The van der Waals surface area contributed by atoms with E-state index in [1.165, 1.54) is 14.7 Å². The summed E-state index contributed by atoms with van der Waals surface area (Å²) in [6, 6.07) is 0. The normalized spacial score (nSPS) is 28.8. The maximum Gasteiger partial charge on any atom is 4.00 e. The average molecular weight is 496 g/mol. The first-order chi connectivity index (χ1) is 10.8. The summed E-state index contributed by atoms with van der Waals surface area (Å²) in [4.78, 5) is 4.17. The Balaban J connectivity index is -0.000000661. The fraction of sp³-hybridized carbons (Fsp3) is 0.933. The maximum absolute atomic E-state index is 14.0. The van der Waals surface area contributed by atoms with Crippen LogP contribution < -0.4 is 42.5 Å². The molecule has 3 unspecified atom stereocenters. The number of halogens is 7. The third kappa shape index (κ3) is 14.7. The Labute approximate surface area is 194 Å². The molecule has 1 saturated heterocycles. The van der Waals surface area contributed by atoms with E-state index in [1.807, 2.05) is 0 Å². The van der Waals surface area contributed by atoms with Gasteiger partial charge < -0.3 is 46.5 Å². The first-order valence-corrected chi connectivity index (χ1v) is 8.09. The van der Waals surface area contributed by atoms with Crippen LogP contribution in [0.3, 0.4) is 0 Å². The summed E-state index contributed by atoms with van der Waals surface area (Å²) in [5.41, 5.74) is 0. The van der Waals surface area contributed by atoms with Gasteiger partial charge in [-0.25, -0.2) is 13.2 Å². The summed E-state index contributed by atoms with van der Waals surface area (Å²) in [5, 5.41) is 2.60. The fourth-order valence-corrected chi connectivity index (χ4v) is 2.38. The first kappa shape index (κ1) is 35.6. The molecule has 1 aliphatic rings. The molecule has 3 atom stereocenters. The van der Waals surface area contributed by atoms with Crippen molar-refractivity contribution in [3.8, 4) is 0 Å². The Kier molecular flexibility index (Phi) is 25.2. The van der Waals surface area contributed by atoms with E-state index >= 15 is 0 Å². The monoisotopic (exact) mass is 494 g/mol. The number of alkyl halides is 3. The minimum absolute atomic E-state index is 0. The summed E-state index contributed by atoms with van der Waals surface area (Å²) in [5.74, 6) is 0. The van der Waals surface area contributed by atoms with E-state index < -0.39 is 18.9 Å². The van der Waals surface area contributed by atoms with Crippen molar-refractivity contribution in [3.05, 3.63) is 6.30 Å². The molecule has 0 aliphatic carbocycles. The second-order valence-electron chi connectivity index (χ2n) is 6.17. The molecule has 1 N–H and O–H groups in total. The van der Waals surface area contributed by atoms with Gasteiger partial charge in [0.1, 0.15) is 0 Å². The Morgan fingerprint density at radius 3 is 1.93 bits per heavy atom. The van der Waals surface area contributed by atoms with Crippen LogP contribution in [0.4, 0.5) is 17.6 Å². The smallest absolute Gasteiger partial charge is 1.00 e. The minimum Gasteiger partial charge on any atom is -1.00 e. The Bertz CT molecular complexity index is 343. The molecule has 0 aromatic carbocycles. The minimum atomic E-state index is -1.29. The van der Waals surface area contributed by atoms with Gasteiger partial charge in [-0.15, -0.1) is 6.42 Å². The molecule has 1 aliphatic heterocycles. The molecular formula is C15H29Cl3F4N4Ti. The molecule has 27 heavy (non-hydrogen) atoms. The van der Waals surface area contributed by atoms with E-state index in [0.717, 1.165) is 0 Å². The van der Waals surface area contributed by atoms with Crippen molar-refractivity contribution in [2.45, 2.75) is 44.6 Å². The molecule has 0 bridgehead atoms. The van der Waals surface area contributed by atoms with E-state index in [2.05, 4.69) is 5.32 Å². The topological polar surface area (TPSA) is 21.8 Å². The molecule has 1 heterocycles. The van der Waals surface area contributed by atoms with Crippen molar-refractivity contribution in [1.82, 2.24) is 20.0 Å². The van der Waals surface area contributed by atoms with Gasteiger partial charge >= 0.3 is 21.7 Å². The van der Waals surface area contributed by atoms with E-state index in [9.17, 15) is 17.6 Å². The van der Waals surface area contributed by atoms with Crippen molar-refractivity contribution in [2.75, 3.05) is 47.3 Å². The molecule has 0 saturated carbocycles. The van der Waals surface area contributed by atoms with Crippen molar-refractivity contribution >= 4 is 0 Å². The van der Waals surface area contributed by atoms with Gasteiger partial charge in [0, 0.05) is 32.4 Å². The molecule has 0 aromatic heterocycles. The number of nitrogens with one attached hydrogen (secondary N) is 1. The van der Waals surface area contributed by atoms with E-state index in [0.29, 0.717) is 0 Å². The predicted octanol–water partition coefficient (Wildman–Crippen LogP) is -6.70. The first-order valence-electron chi connectivity index (χ1n) is 8.09.